The molecule has 2 heterocycles. The van der Waals surface area contributed by atoms with Crippen molar-refractivity contribution in [2.45, 2.75) is 12.8 Å². The summed E-state index contributed by atoms with van der Waals surface area (Å²) in [6.07, 6.45) is 2.43. The van der Waals surface area contributed by atoms with E-state index in [-0.39, 0.29) is 5.91 Å². The molecular weight excluding hydrogens is 240 g/mol. The van der Waals surface area contributed by atoms with Crippen LogP contribution in [0.3, 0.4) is 0 Å². The van der Waals surface area contributed by atoms with E-state index in [4.69, 9.17) is 5.73 Å². The number of nitrogens with two attached hydrogens (primary N) is 1. The minimum absolute atomic E-state index is 0.0225. The lowest BCUT2D eigenvalue weighted by atomic mass is 10.0. The summed E-state index contributed by atoms with van der Waals surface area (Å²) in [5.41, 5.74) is 6.28. The van der Waals surface area contributed by atoms with Gasteiger partial charge in [0.2, 0.25) is 0 Å². The number of hydrogen-bond donors (Lipinski definition) is 2. The van der Waals surface area contributed by atoms with Gasteiger partial charge in [-0.3, -0.25) is 4.79 Å². The molecule has 88 valence electrons. The van der Waals surface area contributed by atoms with E-state index in [0.717, 1.165) is 6.54 Å². The van der Waals surface area contributed by atoms with Crippen LogP contribution in [0.1, 0.15) is 22.5 Å². The summed E-state index contributed by atoms with van der Waals surface area (Å²) in [6.45, 7) is 0.788. The second-order valence-electron chi connectivity index (χ2n) is 3.97. The first-order chi connectivity index (χ1) is 7.77. The van der Waals surface area contributed by atoms with Crippen molar-refractivity contribution in [3.05, 3.63) is 16.3 Å². The molecule has 1 aromatic heterocycles. The third kappa shape index (κ3) is 2.92. The zero-order chi connectivity index (χ0) is 11.4. The van der Waals surface area contributed by atoms with Gasteiger partial charge in [0.05, 0.1) is 5.69 Å². The van der Waals surface area contributed by atoms with Crippen molar-refractivity contribution in [2.75, 3.05) is 23.8 Å². The number of amides is 1. The third-order valence-electron chi connectivity index (χ3n) is 2.79. The molecule has 1 aliphatic rings. The third-order valence-corrected chi connectivity index (χ3v) is 4.77. The number of carbonyl (C=O) groups excluding carboxylic acids is 1. The SMILES string of the molecule is Nc1ccsc1C(=O)NCC1CCSCC1. The molecule has 3 N–H and O–H groups in total. The van der Waals surface area contributed by atoms with Crippen molar-refractivity contribution in [3.8, 4) is 0 Å². The van der Waals surface area contributed by atoms with E-state index in [1.54, 1.807) is 6.07 Å². The van der Waals surface area contributed by atoms with Gasteiger partial charge in [-0.05, 0) is 41.7 Å². The minimum atomic E-state index is -0.0225. The van der Waals surface area contributed by atoms with E-state index >= 15 is 0 Å². The second-order valence-corrected chi connectivity index (χ2v) is 6.11. The average Bonchev–Trinajstić information content (AvgIpc) is 2.74. The number of hydrogen-bond acceptors (Lipinski definition) is 4. The van der Waals surface area contributed by atoms with Gasteiger partial charge in [-0.1, -0.05) is 0 Å². The molecule has 0 spiro atoms. The first kappa shape index (κ1) is 11.8. The van der Waals surface area contributed by atoms with Crippen LogP contribution in [-0.4, -0.2) is 24.0 Å². The van der Waals surface area contributed by atoms with Gasteiger partial charge in [-0.2, -0.15) is 11.8 Å². The predicted molar refractivity (Wildman–Crippen MR) is 71.1 cm³/mol. The van der Waals surface area contributed by atoms with Crippen LogP contribution in [0.15, 0.2) is 11.4 Å². The molecule has 1 aromatic rings. The largest absolute Gasteiger partial charge is 0.397 e. The van der Waals surface area contributed by atoms with Crippen LogP contribution in [-0.2, 0) is 0 Å². The summed E-state index contributed by atoms with van der Waals surface area (Å²) in [5.74, 6) is 3.07. The van der Waals surface area contributed by atoms with Gasteiger partial charge in [-0.25, -0.2) is 0 Å². The Morgan fingerprint density at radius 3 is 2.88 bits per heavy atom. The van der Waals surface area contributed by atoms with Crippen molar-refractivity contribution in [1.82, 2.24) is 5.32 Å². The summed E-state index contributed by atoms with van der Waals surface area (Å²) in [6, 6.07) is 1.77. The first-order valence-corrected chi connectivity index (χ1v) is 7.49. The van der Waals surface area contributed by atoms with E-state index in [1.165, 1.54) is 35.7 Å². The molecule has 5 heteroatoms. The highest BCUT2D eigenvalue weighted by Crippen LogP contribution is 2.22. The van der Waals surface area contributed by atoms with Gasteiger partial charge in [0.1, 0.15) is 4.88 Å². The number of nitrogen functional groups attached to an aromatic ring is 1. The van der Waals surface area contributed by atoms with Crippen LogP contribution in [0.25, 0.3) is 0 Å². The van der Waals surface area contributed by atoms with Gasteiger partial charge in [0.25, 0.3) is 5.91 Å². The lowest BCUT2D eigenvalue weighted by molar-refractivity contribution is 0.0951. The van der Waals surface area contributed by atoms with Crippen molar-refractivity contribution >= 4 is 34.7 Å². The molecule has 0 aromatic carbocycles. The minimum Gasteiger partial charge on any atom is -0.397 e. The van der Waals surface area contributed by atoms with Crippen LogP contribution in [0.2, 0.25) is 0 Å². The van der Waals surface area contributed by atoms with Gasteiger partial charge >= 0.3 is 0 Å². The van der Waals surface area contributed by atoms with Crippen molar-refractivity contribution in [2.24, 2.45) is 5.92 Å². The highest BCUT2D eigenvalue weighted by Gasteiger charge is 2.16. The zero-order valence-corrected chi connectivity index (χ0v) is 10.7. The molecule has 0 atom stereocenters. The van der Waals surface area contributed by atoms with Crippen molar-refractivity contribution in [1.29, 1.82) is 0 Å². The van der Waals surface area contributed by atoms with E-state index < -0.39 is 0 Å². The van der Waals surface area contributed by atoms with Gasteiger partial charge < -0.3 is 11.1 Å². The average molecular weight is 256 g/mol. The lowest BCUT2D eigenvalue weighted by Gasteiger charge is -2.21. The molecule has 16 heavy (non-hydrogen) atoms. The maximum Gasteiger partial charge on any atom is 0.263 e. The summed E-state index contributed by atoms with van der Waals surface area (Å²) >= 11 is 3.41. The Morgan fingerprint density at radius 2 is 2.25 bits per heavy atom. The van der Waals surface area contributed by atoms with Crippen LogP contribution >= 0.6 is 23.1 Å². The van der Waals surface area contributed by atoms with Crippen molar-refractivity contribution in [3.63, 3.8) is 0 Å². The predicted octanol–water partition coefficient (Wildman–Crippen LogP) is 2.20. The molecule has 1 aliphatic heterocycles. The van der Waals surface area contributed by atoms with Gasteiger partial charge in [0, 0.05) is 6.54 Å². The molecule has 0 radical (unpaired) electrons. The molecule has 1 amide bonds. The summed E-state index contributed by atoms with van der Waals surface area (Å²) in [7, 11) is 0. The molecular formula is C11H16N2OS2. The monoisotopic (exact) mass is 256 g/mol. The number of thioether (sulfide) groups is 1. The molecule has 0 bridgehead atoms. The molecule has 0 aliphatic carbocycles. The highest BCUT2D eigenvalue weighted by atomic mass is 32.2. The Labute approximate surface area is 104 Å². The Morgan fingerprint density at radius 1 is 1.50 bits per heavy atom. The number of nitrogens with one attached hydrogen (secondary N) is 1. The maximum atomic E-state index is 11.8. The van der Waals surface area contributed by atoms with E-state index in [2.05, 4.69) is 5.32 Å². The molecule has 0 unspecified atom stereocenters. The Hall–Kier alpha value is -0.680. The Bertz CT molecular complexity index is 359. The second kappa shape index (κ2) is 5.59. The van der Waals surface area contributed by atoms with Crippen LogP contribution < -0.4 is 11.1 Å². The summed E-state index contributed by atoms with van der Waals surface area (Å²) in [4.78, 5) is 12.4. The van der Waals surface area contributed by atoms with Crippen LogP contribution in [0, 0.1) is 5.92 Å². The highest BCUT2D eigenvalue weighted by molar-refractivity contribution is 7.99. The maximum absolute atomic E-state index is 11.8. The first-order valence-electron chi connectivity index (χ1n) is 5.46. The normalized spacial score (nSPS) is 17.2. The molecule has 1 fully saturated rings. The fourth-order valence-corrected chi connectivity index (χ4v) is 3.71. The molecule has 2 rings (SSSR count). The van der Waals surface area contributed by atoms with Gasteiger partial charge in [-0.15, -0.1) is 11.3 Å². The van der Waals surface area contributed by atoms with Crippen LogP contribution in [0.4, 0.5) is 5.69 Å². The van der Waals surface area contributed by atoms with E-state index in [1.807, 2.05) is 17.1 Å². The van der Waals surface area contributed by atoms with E-state index in [9.17, 15) is 4.79 Å². The number of rotatable bonds is 3. The number of carbonyl (C=O) groups is 1. The number of thiophene rings is 1. The summed E-state index contributed by atoms with van der Waals surface area (Å²) in [5, 5.41) is 4.83. The molecule has 3 nitrogen and oxygen atoms in total. The fourth-order valence-electron chi connectivity index (χ4n) is 1.77. The van der Waals surface area contributed by atoms with Gasteiger partial charge in [0.15, 0.2) is 0 Å². The standard InChI is InChI=1S/C11H16N2OS2/c12-9-3-6-16-10(9)11(14)13-7-8-1-4-15-5-2-8/h3,6,8H,1-2,4-5,7,12H2,(H,13,14). The van der Waals surface area contributed by atoms with Crippen molar-refractivity contribution < 1.29 is 4.79 Å². The molecule has 0 saturated carbocycles. The van der Waals surface area contributed by atoms with E-state index in [0.29, 0.717) is 16.5 Å². The van der Waals surface area contributed by atoms with Crippen LogP contribution in [0.5, 0.6) is 0 Å². The molecule has 1 saturated heterocycles. The lowest BCUT2D eigenvalue weighted by Crippen LogP contribution is -2.30. The smallest absolute Gasteiger partial charge is 0.263 e. The fraction of sp³-hybridized carbons (Fsp3) is 0.545. The quantitative estimate of drug-likeness (QED) is 0.871. The summed E-state index contributed by atoms with van der Waals surface area (Å²) < 4.78 is 0. The Balaban J connectivity index is 1.81. The Kier molecular flexibility index (Phi) is 4.12. The topological polar surface area (TPSA) is 55.1 Å². The zero-order valence-electron chi connectivity index (χ0n) is 9.07. The number of anilines is 1.